The molecule has 3 rings (SSSR count). The third-order valence-electron chi connectivity index (χ3n) is 5.35. The Bertz CT molecular complexity index is 1020. The van der Waals surface area contributed by atoms with Gasteiger partial charge in [-0.15, -0.1) is 0 Å². The van der Waals surface area contributed by atoms with Gasteiger partial charge in [0.05, 0.1) is 11.5 Å². The van der Waals surface area contributed by atoms with Gasteiger partial charge in [-0.3, -0.25) is 4.79 Å². The molecule has 0 radical (unpaired) electrons. The summed E-state index contributed by atoms with van der Waals surface area (Å²) in [7, 11) is -3.55. The number of hydrogen-bond donors (Lipinski definition) is 1. The fraction of sp³-hybridized carbons (Fsp3) is 0.375. The molecule has 0 bridgehead atoms. The molecule has 0 saturated carbocycles. The average Bonchev–Trinajstić information content (AvgIpc) is 2.78. The number of nitrogens with zero attached hydrogens (tertiary/aromatic N) is 1. The highest BCUT2D eigenvalue weighted by atomic mass is 32.2. The first-order chi connectivity index (χ1) is 14.9. The van der Waals surface area contributed by atoms with E-state index in [0.29, 0.717) is 26.2 Å². The Morgan fingerprint density at radius 1 is 1.19 bits per heavy atom. The van der Waals surface area contributed by atoms with Crippen LogP contribution in [0.15, 0.2) is 59.5 Å². The summed E-state index contributed by atoms with van der Waals surface area (Å²) < 4.78 is 33.4. The van der Waals surface area contributed by atoms with E-state index >= 15 is 0 Å². The molecule has 1 N–H and O–H groups in total. The lowest BCUT2D eigenvalue weighted by Gasteiger charge is -2.32. The van der Waals surface area contributed by atoms with Gasteiger partial charge in [0.1, 0.15) is 5.75 Å². The van der Waals surface area contributed by atoms with E-state index in [1.165, 1.54) is 0 Å². The molecule has 2 aromatic rings. The molecule has 1 heterocycles. The lowest BCUT2D eigenvalue weighted by Crippen LogP contribution is -2.43. The van der Waals surface area contributed by atoms with Crippen molar-refractivity contribution in [3.05, 3.63) is 65.7 Å². The number of hydrogen-bond acceptors (Lipinski definition) is 4. The van der Waals surface area contributed by atoms with Gasteiger partial charge in [0.2, 0.25) is 15.9 Å². The van der Waals surface area contributed by atoms with Gasteiger partial charge in [-0.05, 0) is 56.9 Å². The highest BCUT2D eigenvalue weighted by Crippen LogP contribution is 2.21. The summed E-state index contributed by atoms with van der Waals surface area (Å²) in [6.45, 7) is 5.93. The predicted octanol–water partition coefficient (Wildman–Crippen LogP) is 3.62. The van der Waals surface area contributed by atoms with Crippen LogP contribution in [0.4, 0.5) is 0 Å². The molecule has 0 aliphatic carbocycles. The van der Waals surface area contributed by atoms with Crippen LogP contribution in [-0.2, 0) is 14.8 Å². The van der Waals surface area contributed by atoms with E-state index in [-0.39, 0.29) is 16.7 Å². The summed E-state index contributed by atoms with van der Waals surface area (Å²) in [5.41, 5.74) is 1.87. The molecule has 1 saturated heterocycles. The molecule has 1 aliphatic rings. The van der Waals surface area contributed by atoms with Crippen LogP contribution in [-0.4, -0.2) is 45.5 Å². The van der Waals surface area contributed by atoms with Crippen molar-refractivity contribution in [2.24, 2.45) is 5.92 Å². The Labute approximate surface area is 185 Å². The summed E-state index contributed by atoms with van der Waals surface area (Å²) in [5.74, 6) is 0.760. The maximum Gasteiger partial charge on any atom is 0.246 e. The van der Waals surface area contributed by atoms with Crippen LogP contribution < -0.4 is 9.46 Å². The lowest BCUT2D eigenvalue weighted by atomic mass is 9.98. The summed E-state index contributed by atoms with van der Waals surface area (Å²) >= 11 is 0. The number of amides is 1. The number of carbonyl (C=O) groups excluding carboxylic acids is 1. The van der Waals surface area contributed by atoms with Gasteiger partial charge in [-0.2, -0.15) is 0 Å². The molecule has 1 aliphatic heterocycles. The smallest absolute Gasteiger partial charge is 0.246 e. The Balaban J connectivity index is 1.57. The molecule has 1 fully saturated rings. The minimum atomic E-state index is -3.55. The Morgan fingerprint density at radius 2 is 1.94 bits per heavy atom. The molecule has 0 spiro atoms. The van der Waals surface area contributed by atoms with E-state index < -0.39 is 10.0 Å². The number of carbonyl (C=O) groups is 1. The van der Waals surface area contributed by atoms with Crippen molar-refractivity contribution in [2.75, 3.05) is 26.2 Å². The Hall–Kier alpha value is -2.64. The van der Waals surface area contributed by atoms with Crippen molar-refractivity contribution in [3.63, 3.8) is 0 Å². The van der Waals surface area contributed by atoms with Gasteiger partial charge in [0.15, 0.2) is 0 Å². The molecule has 6 nitrogen and oxygen atoms in total. The first-order valence-corrected chi connectivity index (χ1v) is 12.1. The second-order valence-corrected chi connectivity index (χ2v) is 9.53. The van der Waals surface area contributed by atoms with Crippen LogP contribution in [0.2, 0.25) is 0 Å². The zero-order valence-electron chi connectivity index (χ0n) is 18.1. The van der Waals surface area contributed by atoms with Gasteiger partial charge in [0.25, 0.3) is 0 Å². The normalized spacial score (nSPS) is 17.1. The molecule has 31 heavy (non-hydrogen) atoms. The first-order valence-electron chi connectivity index (χ1n) is 10.6. The van der Waals surface area contributed by atoms with E-state index in [1.807, 2.05) is 38.1 Å². The third kappa shape index (κ3) is 6.42. The van der Waals surface area contributed by atoms with E-state index in [9.17, 15) is 13.2 Å². The lowest BCUT2D eigenvalue weighted by molar-refractivity contribution is -0.127. The van der Waals surface area contributed by atoms with Crippen LogP contribution in [0.25, 0.3) is 6.08 Å². The van der Waals surface area contributed by atoms with E-state index in [0.717, 1.165) is 29.7 Å². The molecule has 1 atom stereocenters. The van der Waals surface area contributed by atoms with Crippen LogP contribution in [0.5, 0.6) is 5.75 Å². The quantitative estimate of drug-likeness (QED) is 0.634. The van der Waals surface area contributed by atoms with Crippen LogP contribution >= 0.6 is 0 Å². The summed E-state index contributed by atoms with van der Waals surface area (Å²) in [5, 5.41) is 0. The molecule has 0 aromatic heterocycles. The Morgan fingerprint density at radius 3 is 2.68 bits per heavy atom. The van der Waals surface area contributed by atoms with Gasteiger partial charge in [-0.25, -0.2) is 13.1 Å². The number of rotatable bonds is 8. The molecular weight excluding hydrogens is 412 g/mol. The highest BCUT2D eigenvalue weighted by Gasteiger charge is 2.24. The molecule has 7 heteroatoms. The van der Waals surface area contributed by atoms with Gasteiger partial charge < -0.3 is 9.64 Å². The van der Waals surface area contributed by atoms with Crippen molar-refractivity contribution < 1.29 is 17.9 Å². The van der Waals surface area contributed by atoms with Crippen molar-refractivity contribution >= 4 is 22.0 Å². The fourth-order valence-electron chi connectivity index (χ4n) is 3.63. The summed E-state index contributed by atoms with van der Waals surface area (Å²) in [6, 6.07) is 14.4. The van der Waals surface area contributed by atoms with Crippen molar-refractivity contribution in [1.82, 2.24) is 9.62 Å². The number of benzene rings is 2. The topological polar surface area (TPSA) is 75.7 Å². The zero-order valence-corrected chi connectivity index (χ0v) is 18.9. The van der Waals surface area contributed by atoms with E-state index in [2.05, 4.69) is 4.72 Å². The number of piperidine rings is 1. The van der Waals surface area contributed by atoms with Crippen molar-refractivity contribution in [3.8, 4) is 5.75 Å². The highest BCUT2D eigenvalue weighted by molar-refractivity contribution is 7.89. The number of aryl methyl sites for hydroxylation is 1. The SMILES string of the molecule is CCOc1ccccc1/C=C/C(=O)N1CCCC(CNS(=O)(=O)c2ccc(C)cc2)C1. The monoisotopic (exact) mass is 442 g/mol. The predicted molar refractivity (Wildman–Crippen MR) is 122 cm³/mol. The van der Waals surface area contributed by atoms with Gasteiger partial charge in [-0.1, -0.05) is 35.9 Å². The van der Waals surface area contributed by atoms with Gasteiger partial charge in [0, 0.05) is 31.3 Å². The van der Waals surface area contributed by atoms with E-state index in [1.54, 1.807) is 41.3 Å². The molecule has 1 amide bonds. The minimum Gasteiger partial charge on any atom is -0.493 e. The molecule has 1 unspecified atom stereocenters. The number of sulfonamides is 1. The summed E-state index contributed by atoms with van der Waals surface area (Å²) in [6.07, 6.45) is 5.08. The Kier molecular flexibility index (Phi) is 7.87. The minimum absolute atomic E-state index is 0.0719. The maximum absolute atomic E-state index is 12.7. The van der Waals surface area contributed by atoms with Crippen LogP contribution in [0.3, 0.4) is 0 Å². The molecule has 2 aromatic carbocycles. The number of ether oxygens (including phenoxy) is 1. The molecular formula is C24H30N2O4S. The van der Waals surface area contributed by atoms with E-state index in [4.69, 9.17) is 4.74 Å². The number of nitrogens with one attached hydrogen (secondary N) is 1. The molecule has 166 valence electrons. The largest absolute Gasteiger partial charge is 0.493 e. The fourth-order valence-corrected chi connectivity index (χ4v) is 4.75. The number of para-hydroxylation sites is 1. The standard InChI is InChI=1S/C24H30N2O4S/c1-3-30-23-9-5-4-8-21(23)12-15-24(27)26-16-6-7-20(18-26)17-25-31(28,29)22-13-10-19(2)11-14-22/h4-5,8-15,20,25H,3,6-7,16-18H2,1-2H3/b15-12+. The van der Waals surface area contributed by atoms with Crippen LogP contribution in [0.1, 0.15) is 30.9 Å². The van der Waals surface area contributed by atoms with Crippen molar-refractivity contribution in [2.45, 2.75) is 31.6 Å². The van der Waals surface area contributed by atoms with Crippen molar-refractivity contribution in [1.29, 1.82) is 0 Å². The van der Waals surface area contributed by atoms with Gasteiger partial charge >= 0.3 is 0 Å². The number of likely N-dealkylation sites (tertiary alicyclic amines) is 1. The van der Waals surface area contributed by atoms with Crippen LogP contribution in [0, 0.1) is 12.8 Å². The average molecular weight is 443 g/mol. The zero-order chi connectivity index (χ0) is 22.3. The summed E-state index contributed by atoms with van der Waals surface area (Å²) in [4.78, 5) is 14.7. The maximum atomic E-state index is 12.7. The first kappa shape index (κ1) is 23.0. The second-order valence-electron chi connectivity index (χ2n) is 7.76. The second kappa shape index (κ2) is 10.6. The third-order valence-corrected chi connectivity index (χ3v) is 6.79.